The van der Waals surface area contributed by atoms with Gasteiger partial charge in [0.1, 0.15) is 11.5 Å². The molecule has 0 amide bonds. The van der Waals surface area contributed by atoms with E-state index in [1.807, 2.05) is 24.3 Å². The maximum atomic E-state index is 5.35. The van der Waals surface area contributed by atoms with Gasteiger partial charge in [-0.2, -0.15) is 0 Å². The van der Waals surface area contributed by atoms with Crippen LogP contribution in [0.15, 0.2) is 60.7 Å². The average Bonchev–Trinajstić information content (AvgIpc) is 2.71. The zero-order valence-electron chi connectivity index (χ0n) is 16.8. The predicted octanol–water partition coefficient (Wildman–Crippen LogP) is 5.67. The van der Waals surface area contributed by atoms with Gasteiger partial charge in [0, 0.05) is 5.41 Å². The summed E-state index contributed by atoms with van der Waals surface area (Å²) < 4.78 is 10.7. The van der Waals surface area contributed by atoms with Crippen LogP contribution in [0.3, 0.4) is 0 Å². The summed E-state index contributed by atoms with van der Waals surface area (Å²) in [4.78, 5) is 0. The van der Waals surface area contributed by atoms with E-state index in [-0.39, 0.29) is 5.41 Å². The summed E-state index contributed by atoms with van der Waals surface area (Å²) in [6.07, 6.45) is 0.915. The Hall–Kier alpha value is -2.74. The highest BCUT2D eigenvalue weighted by atomic mass is 16.5. The van der Waals surface area contributed by atoms with Gasteiger partial charge in [0.05, 0.1) is 14.2 Å². The molecule has 0 aliphatic heterocycles. The largest absolute Gasteiger partial charge is 0.497 e. The molecule has 1 radical (unpaired) electrons. The van der Waals surface area contributed by atoms with Crippen LogP contribution >= 0.6 is 0 Å². The fourth-order valence-corrected chi connectivity index (χ4v) is 3.70. The molecule has 3 rings (SSSR count). The Balaban J connectivity index is 2.12. The van der Waals surface area contributed by atoms with Gasteiger partial charge in [-0.1, -0.05) is 43.3 Å². The number of ether oxygens (including phenoxy) is 2. The molecular weight excluding hydrogens is 332 g/mol. The molecule has 0 spiro atoms. The Morgan fingerprint density at radius 3 is 1.52 bits per heavy atom. The molecule has 0 bridgehead atoms. The van der Waals surface area contributed by atoms with E-state index in [1.54, 1.807) is 14.2 Å². The summed E-state index contributed by atoms with van der Waals surface area (Å²) >= 11 is 0. The monoisotopic (exact) mass is 359 g/mol. The van der Waals surface area contributed by atoms with Crippen LogP contribution in [0.4, 0.5) is 0 Å². The van der Waals surface area contributed by atoms with E-state index in [1.165, 1.54) is 27.8 Å². The minimum absolute atomic E-state index is 0.171. The standard InChI is InChI=1S/C25H27O2/c1-18-7-6-8-19(2)24(18)17-25(3,20-9-13-22(26-4)14-10-20)21-11-15-23(27-5)16-12-21/h7-16H,17H2,1-5H3. The molecule has 3 aromatic rings. The third-order valence-corrected chi connectivity index (χ3v) is 5.54. The van der Waals surface area contributed by atoms with Gasteiger partial charge in [-0.3, -0.25) is 0 Å². The number of hydrogen-bond acceptors (Lipinski definition) is 2. The molecule has 0 atom stereocenters. The van der Waals surface area contributed by atoms with Gasteiger partial charge >= 0.3 is 0 Å². The van der Waals surface area contributed by atoms with E-state index in [2.05, 4.69) is 63.2 Å². The normalized spacial score (nSPS) is 11.3. The molecule has 3 aromatic carbocycles. The Bertz CT molecular complexity index is 825. The highest BCUT2D eigenvalue weighted by Gasteiger charge is 2.30. The van der Waals surface area contributed by atoms with Crippen LogP contribution in [-0.4, -0.2) is 14.2 Å². The van der Waals surface area contributed by atoms with E-state index in [0.29, 0.717) is 0 Å². The first-order chi connectivity index (χ1) is 13.0. The van der Waals surface area contributed by atoms with Crippen molar-refractivity contribution in [3.05, 3.63) is 94.5 Å². The van der Waals surface area contributed by atoms with Crippen molar-refractivity contribution in [2.75, 3.05) is 14.2 Å². The number of methoxy groups -OCH3 is 2. The van der Waals surface area contributed by atoms with Gasteiger partial charge in [0.2, 0.25) is 0 Å². The van der Waals surface area contributed by atoms with Crippen LogP contribution in [0.25, 0.3) is 0 Å². The van der Waals surface area contributed by atoms with Crippen molar-refractivity contribution in [1.29, 1.82) is 0 Å². The van der Waals surface area contributed by atoms with Crippen molar-refractivity contribution >= 4 is 0 Å². The van der Waals surface area contributed by atoms with E-state index in [0.717, 1.165) is 17.9 Å². The lowest BCUT2D eigenvalue weighted by Gasteiger charge is -2.33. The van der Waals surface area contributed by atoms with Crippen LogP contribution in [0.2, 0.25) is 0 Å². The molecule has 0 aromatic heterocycles. The van der Waals surface area contributed by atoms with Crippen molar-refractivity contribution < 1.29 is 9.47 Å². The maximum Gasteiger partial charge on any atom is 0.118 e. The van der Waals surface area contributed by atoms with Crippen molar-refractivity contribution in [2.45, 2.75) is 32.6 Å². The summed E-state index contributed by atoms with van der Waals surface area (Å²) in [6, 6.07) is 24.2. The second-order valence-electron chi connectivity index (χ2n) is 7.27. The lowest BCUT2D eigenvalue weighted by molar-refractivity contribution is 0.413. The van der Waals surface area contributed by atoms with E-state index < -0.39 is 0 Å². The average molecular weight is 359 g/mol. The third kappa shape index (κ3) is 3.85. The molecule has 0 N–H and O–H groups in total. The van der Waals surface area contributed by atoms with Crippen LogP contribution in [-0.2, 0) is 11.8 Å². The quantitative estimate of drug-likeness (QED) is 0.564. The number of aryl methyl sites for hydroxylation is 2. The molecule has 0 saturated heterocycles. The Morgan fingerprint density at radius 2 is 1.15 bits per heavy atom. The first kappa shape index (κ1) is 19.0. The third-order valence-electron chi connectivity index (χ3n) is 5.54. The zero-order chi connectivity index (χ0) is 19.4. The molecule has 2 heteroatoms. The molecule has 139 valence electrons. The van der Waals surface area contributed by atoms with Crippen molar-refractivity contribution in [1.82, 2.24) is 0 Å². The molecule has 2 nitrogen and oxygen atoms in total. The first-order valence-electron chi connectivity index (χ1n) is 9.23. The lowest BCUT2D eigenvalue weighted by Crippen LogP contribution is -2.27. The van der Waals surface area contributed by atoms with E-state index >= 15 is 0 Å². The summed E-state index contributed by atoms with van der Waals surface area (Å²) in [5.74, 6) is 1.75. The van der Waals surface area contributed by atoms with E-state index in [9.17, 15) is 0 Å². The van der Waals surface area contributed by atoms with Crippen LogP contribution in [0.1, 0.15) is 34.7 Å². The van der Waals surface area contributed by atoms with Crippen molar-refractivity contribution in [2.24, 2.45) is 0 Å². The summed E-state index contributed by atoms with van der Waals surface area (Å²) in [5, 5.41) is 0. The smallest absolute Gasteiger partial charge is 0.118 e. The van der Waals surface area contributed by atoms with Gasteiger partial charge in [-0.15, -0.1) is 0 Å². The summed E-state index contributed by atoms with van der Waals surface area (Å²) in [6.45, 7) is 6.65. The lowest BCUT2D eigenvalue weighted by atomic mass is 9.71. The Morgan fingerprint density at radius 1 is 0.741 bits per heavy atom. The molecular formula is C25H27O2. The summed E-state index contributed by atoms with van der Waals surface area (Å²) in [7, 11) is 3.40. The molecule has 0 heterocycles. The number of hydrogen-bond donors (Lipinski definition) is 0. The number of rotatable bonds is 6. The maximum absolute atomic E-state index is 5.35. The van der Waals surface area contributed by atoms with Crippen molar-refractivity contribution in [3.8, 4) is 11.5 Å². The second-order valence-corrected chi connectivity index (χ2v) is 7.27. The Kier molecular flexibility index (Phi) is 5.55. The van der Waals surface area contributed by atoms with Crippen LogP contribution < -0.4 is 9.47 Å². The first-order valence-corrected chi connectivity index (χ1v) is 9.23. The van der Waals surface area contributed by atoms with Gasteiger partial charge < -0.3 is 9.47 Å². The fourth-order valence-electron chi connectivity index (χ4n) is 3.70. The van der Waals surface area contributed by atoms with Gasteiger partial charge in [0.25, 0.3) is 0 Å². The molecule has 0 fully saturated rings. The molecule has 0 saturated carbocycles. The van der Waals surface area contributed by atoms with Gasteiger partial charge in [-0.05, 0) is 78.4 Å². The fraction of sp³-hybridized carbons (Fsp3) is 0.280. The minimum Gasteiger partial charge on any atom is -0.497 e. The van der Waals surface area contributed by atoms with Gasteiger partial charge in [0.15, 0.2) is 0 Å². The van der Waals surface area contributed by atoms with Crippen molar-refractivity contribution in [3.63, 3.8) is 0 Å². The molecule has 0 unspecified atom stereocenters. The van der Waals surface area contributed by atoms with E-state index in [4.69, 9.17) is 9.47 Å². The predicted molar refractivity (Wildman–Crippen MR) is 111 cm³/mol. The SMILES string of the molecule is COc1ccc(C(C)(Cc2c(C)c[c]cc2C)c2ccc(OC)cc2)cc1. The molecule has 0 aliphatic carbocycles. The zero-order valence-corrected chi connectivity index (χ0v) is 16.8. The molecule has 27 heavy (non-hydrogen) atoms. The number of benzene rings is 3. The van der Waals surface area contributed by atoms with Crippen LogP contribution in [0.5, 0.6) is 11.5 Å². The topological polar surface area (TPSA) is 18.5 Å². The highest BCUT2D eigenvalue weighted by Crippen LogP contribution is 2.38. The van der Waals surface area contributed by atoms with Crippen LogP contribution in [0, 0.1) is 19.9 Å². The second kappa shape index (κ2) is 7.87. The molecule has 0 aliphatic rings. The van der Waals surface area contributed by atoms with Gasteiger partial charge in [-0.25, -0.2) is 0 Å². The Labute approximate surface area is 162 Å². The summed E-state index contributed by atoms with van der Waals surface area (Å²) in [5.41, 5.74) is 6.30. The highest BCUT2D eigenvalue weighted by molar-refractivity contribution is 5.46. The minimum atomic E-state index is -0.171.